The molecule has 3 aliphatic heterocycles. The van der Waals surface area contributed by atoms with Crippen molar-refractivity contribution in [2.24, 2.45) is 5.92 Å². The molecule has 2 atom stereocenters. The van der Waals surface area contributed by atoms with Crippen molar-refractivity contribution in [3.8, 4) is 11.5 Å². The minimum absolute atomic E-state index is 0.00618. The summed E-state index contributed by atoms with van der Waals surface area (Å²) in [4.78, 5) is 39.8. The molecule has 3 saturated heterocycles. The molecule has 1 aromatic heterocycles. The van der Waals surface area contributed by atoms with E-state index < -0.39 is 28.4 Å². The number of nitrogens with zero attached hydrogens (tertiary/aromatic N) is 7. The van der Waals surface area contributed by atoms with Crippen molar-refractivity contribution >= 4 is 57.3 Å². The van der Waals surface area contributed by atoms with E-state index in [9.17, 15) is 23.5 Å². The monoisotopic (exact) mass is 1160 g/mol. The molecule has 406 valence electrons. The second-order valence-corrected chi connectivity index (χ2v) is 21.4. The van der Waals surface area contributed by atoms with E-state index in [4.69, 9.17) is 18.9 Å². The summed E-state index contributed by atoms with van der Waals surface area (Å²) in [6.07, 6.45) is 3.47. The van der Waals surface area contributed by atoms with E-state index in [1.54, 1.807) is 17.1 Å². The first-order valence-corrected chi connectivity index (χ1v) is 27.9. The van der Waals surface area contributed by atoms with Crippen molar-refractivity contribution in [3.05, 3.63) is 155 Å². The van der Waals surface area contributed by atoms with E-state index in [2.05, 4.69) is 64.4 Å². The Kier molecular flexibility index (Phi) is 18.9. The maximum absolute atomic E-state index is 15.0. The van der Waals surface area contributed by atoms with Crippen LogP contribution in [0.15, 0.2) is 116 Å². The smallest absolute Gasteiger partial charge is 0.338 e. The molecule has 14 nitrogen and oxygen atoms in total. The highest BCUT2D eigenvalue weighted by Crippen LogP contribution is 2.42. The van der Waals surface area contributed by atoms with Crippen molar-refractivity contribution < 1.29 is 42.4 Å². The second-order valence-electron chi connectivity index (χ2n) is 21.4. The lowest BCUT2D eigenvalue weighted by atomic mass is 9.87. The lowest BCUT2D eigenvalue weighted by molar-refractivity contribution is -0.0206. The van der Waals surface area contributed by atoms with Crippen LogP contribution in [-0.4, -0.2) is 114 Å². The van der Waals surface area contributed by atoms with Crippen LogP contribution in [0.3, 0.4) is 0 Å². The number of piperazine rings is 2. The lowest BCUT2D eigenvalue weighted by Crippen LogP contribution is -2.46. The molecule has 0 bridgehead atoms. The van der Waals surface area contributed by atoms with Crippen LogP contribution in [0, 0.1) is 31.4 Å². The zero-order valence-corrected chi connectivity index (χ0v) is 47.4. The third-order valence-corrected chi connectivity index (χ3v) is 13.4. The van der Waals surface area contributed by atoms with Crippen LogP contribution in [0.5, 0.6) is 11.5 Å². The maximum Gasteiger partial charge on any atom is 0.338 e. The maximum atomic E-state index is 15.0. The highest BCUT2D eigenvalue weighted by atomic mass is 127. The summed E-state index contributed by atoms with van der Waals surface area (Å²) in [6.45, 7) is 23.3. The normalized spacial score (nSPS) is 17.8. The van der Waals surface area contributed by atoms with Crippen molar-refractivity contribution in [3.63, 3.8) is 0 Å². The fourth-order valence-corrected chi connectivity index (χ4v) is 9.56. The molecule has 0 amide bonds. The van der Waals surface area contributed by atoms with Gasteiger partial charge < -0.3 is 43.7 Å². The van der Waals surface area contributed by atoms with Crippen molar-refractivity contribution in [1.82, 2.24) is 14.8 Å². The fraction of sp³-hybridized carbons (Fsp3) is 0.424. The van der Waals surface area contributed by atoms with Gasteiger partial charge in [-0.05, 0) is 169 Å². The Morgan fingerprint density at radius 1 is 0.671 bits per heavy atom. The largest absolute Gasteiger partial charge is 0.508 e. The number of ether oxygens (including phenoxy) is 4. The van der Waals surface area contributed by atoms with Crippen molar-refractivity contribution in [1.29, 1.82) is 0 Å². The van der Waals surface area contributed by atoms with Gasteiger partial charge in [-0.25, -0.2) is 28.0 Å². The molecular formula is C59H72F2IN7O7. The van der Waals surface area contributed by atoms with Gasteiger partial charge in [-0.2, -0.15) is 5.10 Å². The number of carbonyl (C=O) groups excluding carboxylic acids is 2. The molecule has 17 heteroatoms. The number of alkyl halides is 1. The number of aryl methyl sites for hydroxylation is 2. The zero-order chi connectivity index (χ0) is 54.8. The number of carbonyl (C=O) groups is 2. The van der Waals surface area contributed by atoms with Crippen molar-refractivity contribution in [2.75, 3.05) is 90.1 Å². The van der Waals surface area contributed by atoms with Gasteiger partial charge in [-0.3, -0.25) is 0 Å². The van der Waals surface area contributed by atoms with Gasteiger partial charge in [0.2, 0.25) is 0 Å². The third-order valence-electron chi connectivity index (χ3n) is 13.4. The Bertz CT molecular complexity index is 2860. The number of halogens is 3. The summed E-state index contributed by atoms with van der Waals surface area (Å²) in [6, 6.07) is 30.8. The van der Waals surface area contributed by atoms with Gasteiger partial charge in [0.05, 0.1) is 30.9 Å². The molecule has 9 rings (SSSR count). The van der Waals surface area contributed by atoms with Gasteiger partial charge >= 0.3 is 11.9 Å². The summed E-state index contributed by atoms with van der Waals surface area (Å²) in [7, 11) is 0. The van der Waals surface area contributed by atoms with E-state index in [0.29, 0.717) is 42.1 Å². The zero-order valence-electron chi connectivity index (χ0n) is 45.2. The Morgan fingerprint density at radius 2 is 1.14 bits per heavy atom. The van der Waals surface area contributed by atoms with Crippen LogP contribution >= 0.6 is 22.6 Å². The molecule has 3 aliphatic rings. The molecule has 0 aliphatic carbocycles. The number of hydrogen-bond donors (Lipinski definition) is 1. The lowest BCUT2D eigenvalue weighted by Gasteiger charge is -2.37. The number of rotatable bonds is 12. The predicted molar refractivity (Wildman–Crippen MR) is 304 cm³/mol. The third kappa shape index (κ3) is 15.1. The van der Waals surface area contributed by atoms with Gasteiger partial charge in [0.1, 0.15) is 52.6 Å². The molecular weight excluding hydrogens is 1080 g/mol. The average molecular weight is 1160 g/mol. The highest BCUT2D eigenvalue weighted by molar-refractivity contribution is 14.1. The molecule has 3 fully saturated rings. The van der Waals surface area contributed by atoms with E-state index in [-0.39, 0.29) is 24.4 Å². The molecule has 6 aromatic rings. The quantitative estimate of drug-likeness (QED) is 0.0708. The number of aromatic nitrogens is 3. The van der Waals surface area contributed by atoms with E-state index >= 15 is 0 Å². The summed E-state index contributed by atoms with van der Waals surface area (Å²) in [5.41, 5.74) is 5.80. The molecule has 1 N–H and O–H groups in total. The van der Waals surface area contributed by atoms with Crippen molar-refractivity contribution in [2.45, 2.75) is 85.2 Å². The number of aromatic hydroxyl groups is 1. The molecule has 76 heavy (non-hydrogen) atoms. The van der Waals surface area contributed by atoms with E-state index in [0.717, 1.165) is 98.1 Å². The number of hydrogen-bond acceptors (Lipinski definition) is 13. The topological polar surface area (TPSA) is 135 Å². The molecule has 0 saturated carbocycles. The average Bonchev–Trinajstić information content (AvgIpc) is 4.08. The Labute approximate surface area is 460 Å². The van der Waals surface area contributed by atoms with Crippen LogP contribution in [-0.2, 0) is 26.4 Å². The minimum atomic E-state index is -1.01. The van der Waals surface area contributed by atoms with Crippen LogP contribution in [0.4, 0.5) is 31.5 Å². The molecule has 5 aromatic carbocycles. The van der Waals surface area contributed by atoms with Gasteiger partial charge in [0.25, 0.3) is 0 Å². The number of phenolic OH excluding ortho intramolecular Hbond substituents is 1. The predicted octanol–water partition coefficient (Wildman–Crippen LogP) is 11.2. The molecule has 0 unspecified atom stereocenters. The summed E-state index contributed by atoms with van der Waals surface area (Å²) >= 11 is 2.15. The number of phenols is 1. The van der Waals surface area contributed by atoms with Crippen LogP contribution in [0.2, 0.25) is 0 Å². The molecule has 0 radical (unpaired) electrons. The molecule has 0 spiro atoms. The Hall–Kier alpha value is -6.47. The summed E-state index contributed by atoms with van der Waals surface area (Å²) in [5.74, 6) is -0.760. The summed E-state index contributed by atoms with van der Waals surface area (Å²) in [5, 5.41) is 13.9. The fourth-order valence-electron chi connectivity index (χ4n) is 9.56. The molecule has 4 heterocycles. The van der Waals surface area contributed by atoms with Crippen LogP contribution in [0.1, 0.15) is 85.4 Å². The minimum Gasteiger partial charge on any atom is -0.508 e. The van der Waals surface area contributed by atoms with Gasteiger partial charge in [-0.15, -0.1) is 0 Å². The Morgan fingerprint density at radius 3 is 1.59 bits per heavy atom. The number of benzene rings is 5. The van der Waals surface area contributed by atoms with Crippen LogP contribution in [0.25, 0.3) is 0 Å². The van der Waals surface area contributed by atoms with E-state index in [1.165, 1.54) is 18.5 Å². The first-order chi connectivity index (χ1) is 36.2. The van der Waals surface area contributed by atoms with Crippen LogP contribution < -0.4 is 24.3 Å². The SMILES string of the molecule is CI.Cc1cc(N2CCN(c3ccc(C(=O)OC(C)(C)C)cc3)CC2)ccc1O.Cc1cc(N2CCN(c3ccc(C(=O)OC(C)(C)C)cc3)CC2)ccc1OC[C@@H]1CO[C@@](Cn2cncn2)(c2ccc(F)cc2F)C1. The summed E-state index contributed by atoms with van der Waals surface area (Å²) < 4.78 is 53.7. The number of esters is 2. The number of anilines is 4. The van der Waals surface area contributed by atoms with Gasteiger partial charge in [0.15, 0.2) is 0 Å². The standard InChI is InChI=1S/C36H41F2N5O4.C22H28N2O3.CH3I/c1-25-17-30(42-15-13-41(14-16-42)29-8-5-27(6-9-29)34(44)47-35(2,3)4)10-12-33(25)45-20-26-19-36(46-21-26,22-43-24-39-23-40-43)31-11-7-28(37)18-32(31)38;1-16-15-19(9-10-20(16)25)24-13-11-23(12-14-24)18-7-5-17(6-8-18)21(26)27-22(2,3)4;1-2/h5-12,17-18,23-24,26H,13-16,19-22H2,1-4H3;5-10,15,25H,11-14H2,1-4H3;1H3/t26-,36+;;/m1../s1. The Balaban J connectivity index is 0.000000246. The first-order valence-electron chi connectivity index (χ1n) is 25.7. The first kappa shape index (κ1) is 57.2. The van der Waals surface area contributed by atoms with Gasteiger partial charge in [0, 0.05) is 92.7 Å². The van der Waals surface area contributed by atoms with Gasteiger partial charge in [-0.1, -0.05) is 28.7 Å². The van der Waals surface area contributed by atoms with E-state index in [1.807, 2.05) is 127 Å². The highest BCUT2D eigenvalue weighted by Gasteiger charge is 2.45. The second kappa shape index (κ2) is 25.1.